The third-order valence-corrected chi connectivity index (χ3v) is 4.60. The number of unbranched alkanes of at least 4 members (excludes halogenated alkanes) is 1. The maximum atomic E-state index is 11.7. The molecule has 1 rings (SSSR count). The molecule has 3 heteroatoms. The average molecular weight is 255 g/mol. The van der Waals surface area contributed by atoms with Gasteiger partial charge in [-0.1, -0.05) is 0 Å². The van der Waals surface area contributed by atoms with Crippen LogP contribution >= 0.6 is 0 Å². The number of benzene rings is 1. The Bertz CT molecular complexity index is 272. The van der Waals surface area contributed by atoms with Crippen molar-refractivity contribution in [1.82, 2.24) is 0 Å². The van der Waals surface area contributed by atoms with E-state index in [9.17, 15) is 3.74 Å². The van der Waals surface area contributed by atoms with Crippen LogP contribution in [0.3, 0.4) is 0 Å². The van der Waals surface area contributed by atoms with Crippen LogP contribution in [0.5, 0.6) is 0 Å². The molecule has 0 aromatic heterocycles. The zero-order chi connectivity index (χ0) is 10.2. The molecule has 77 valence electrons. The Morgan fingerprint density at radius 3 is 2.64 bits per heavy atom. The van der Waals surface area contributed by atoms with Crippen LogP contribution in [-0.4, -0.2) is 26.6 Å². The summed E-state index contributed by atoms with van der Waals surface area (Å²) >= 11 is -2.14. The molecule has 0 fully saturated rings. The van der Waals surface area contributed by atoms with Crippen molar-refractivity contribution in [3.05, 3.63) is 30.3 Å². The van der Waals surface area contributed by atoms with Gasteiger partial charge in [-0.3, -0.25) is 0 Å². The van der Waals surface area contributed by atoms with Crippen molar-refractivity contribution in [2.45, 2.75) is 19.8 Å². The van der Waals surface area contributed by atoms with E-state index in [0.29, 0.717) is 5.39 Å². The summed E-state index contributed by atoms with van der Waals surface area (Å²) in [6.07, 6.45) is 2.17. The molecule has 0 bridgehead atoms. The quantitative estimate of drug-likeness (QED) is 0.571. The first-order chi connectivity index (χ1) is 6.84. The summed E-state index contributed by atoms with van der Waals surface area (Å²) < 4.78 is 18.0. The third-order valence-electron chi connectivity index (χ3n) is 1.89. The molecule has 0 saturated heterocycles. The summed E-state index contributed by atoms with van der Waals surface area (Å²) in [6, 6.07) is 9.60. The van der Waals surface area contributed by atoms with Crippen molar-refractivity contribution >= 4 is 18.9 Å². The molecule has 0 aliphatic heterocycles. The van der Waals surface area contributed by atoms with E-state index in [4.69, 9.17) is 4.74 Å². The normalized spacial score (nSPS) is 11.4. The van der Waals surface area contributed by atoms with Crippen LogP contribution in [-0.2, 0) is 8.48 Å². The van der Waals surface area contributed by atoms with Crippen LogP contribution in [0.1, 0.15) is 19.8 Å². The fraction of sp³-hybridized carbons (Fsp3) is 0.455. The molecule has 0 spiro atoms. The Morgan fingerprint density at radius 1 is 1.29 bits per heavy atom. The minimum atomic E-state index is -2.14. The van der Waals surface area contributed by atoms with Crippen LogP contribution in [0.25, 0.3) is 0 Å². The van der Waals surface area contributed by atoms with E-state index in [1.807, 2.05) is 30.3 Å². The first-order valence-corrected chi connectivity index (χ1v) is 7.95. The van der Waals surface area contributed by atoms with Gasteiger partial charge in [-0.05, 0) is 0 Å². The maximum absolute atomic E-state index is 11.7. The molecular weight excluding hydrogens is 239 g/mol. The van der Waals surface area contributed by atoms with Gasteiger partial charge in [0.2, 0.25) is 0 Å². The van der Waals surface area contributed by atoms with Gasteiger partial charge in [-0.2, -0.15) is 0 Å². The van der Waals surface area contributed by atoms with Gasteiger partial charge in [-0.15, -0.1) is 0 Å². The Balaban J connectivity index is 2.29. The predicted octanol–water partition coefficient (Wildman–Crippen LogP) is 1.67. The van der Waals surface area contributed by atoms with Crippen LogP contribution in [0.15, 0.2) is 30.3 Å². The third kappa shape index (κ3) is 4.17. The van der Waals surface area contributed by atoms with E-state index in [0.717, 1.165) is 23.8 Å². The van der Waals surface area contributed by atoms with E-state index in [-0.39, 0.29) is 0 Å². The number of hydrogen-bond donors (Lipinski definition) is 0. The molecule has 14 heavy (non-hydrogen) atoms. The van der Waals surface area contributed by atoms with Crippen molar-refractivity contribution < 1.29 is 8.48 Å². The second-order valence-corrected chi connectivity index (χ2v) is 6.32. The Labute approximate surface area is 89.8 Å². The van der Waals surface area contributed by atoms with Gasteiger partial charge in [0.05, 0.1) is 0 Å². The monoisotopic (exact) mass is 255 g/mol. The first kappa shape index (κ1) is 11.6. The minimum absolute atomic E-state index is 0.428. The van der Waals surface area contributed by atoms with Crippen LogP contribution < -0.4 is 4.35 Å². The van der Waals surface area contributed by atoms with Gasteiger partial charge in [0.1, 0.15) is 0 Å². The Kier molecular flexibility index (Phi) is 5.73. The van der Waals surface area contributed by atoms with Gasteiger partial charge in [-0.25, -0.2) is 0 Å². The molecule has 0 saturated carbocycles. The SMILES string of the molecule is CCCCOC[As](=O)c1ccccc1. The Morgan fingerprint density at radius 2 is 2.00 bits per heavy atom. The van der Waals surface area contributed by atoms with Gasteiger partial charge < -0.3 is 0 Å². The second kappa shape index (κ2) is 6.91. The van der Waals surface area contributed by atoms with Crippen LogP contribution in [0.2, 0.25) is 0 Å². The molecule has 0 aliphatic carbocycles. The standard InChI is InChI=1S/C11H16AsO2/c1-2-3-9-14-10-12(13)11-7-5-4-6-8-11/h4-8H,2-3,9-10H2,1H3. The van der Waals surface area contributed by atoms with Crippen molar-refractivity contribution in [3.8, 4) is 0 Å². The molecule has 1 aromatic rings. The topological polar surface area (TPSA) is 26.3 Å². The zero-order valence-electron chi connectivity index (χ0n) is 8.48. The summed E-state index contributed by atoms with van der Waals surface area (Å²) in [6.45, 7) is 2.85. The molecule has 1 unspecified atom stereocenters. The molecular formula is C11H16AsO2. The van der Waals surface area contributed by atoms with E-state index >= 15 is 0 Å². The van der Waals surface area contributed by atoms with Crippen molar-refractivity contribution in [3.63, 3.8) is 0 Å². The Hall–Kier alpha value is -0.462. The van der Waals surface area contributed by atoms with Gasteiger partial charge >= 0.3 is 89.5 Å². The fourth-order valence-corrected chi connectivity index (χ4v) is 3.05. The van der Waals surface area contributed by atoms with Crippen LogP contribution in [0.4, 0.5) is 0 Å². The molecule has 1 radical (unpaired) electrons. The van der Waals surface area contributed by atoms with E-state index in [1.165, 1.54) is 0 Å². The summed E-state index contributed by atoms with van der Waals surface area (Å²) in [5.74, 6) is 0. The molecule has 1 aromatic carbocycles. The average Bonchev–Trinajstić information content (AvgIpc) is 2.25. The fourth-order valence-electron chi connectivity index (χ4n) is 1.06. The predicted molar refractivity (Wildman–Crippen MR) is 58.2 cm³/mol. The van der Waals surface area contributed by atoms with Crippen molar-refractivity contribution in [2.75, 3.05) is 12.0 Å². The summed E-state index contributed by atoms with van der Waals surface area (Å²) in [4.78, 5) is 0. The molecule has 1 atom stereocenters. The van der Waals surface area contributed by atoms with E-state index in [1.54, 1.807) is 0 Å². The zero-order valence-corrected chi connectivity index (χ0v) is 10.4. The first-order valence-electron chi connectivity index (χ1n) is 4.92. The van der Waals surface area contributed by atoms with Crippen LogP contribution in [0, 0.1) is 0 Å². The van der Waals surface area contributed by atoms with E-state index < -0.39 is 14.6 Å². The number of rotatable bonds is 6. The molecule has 0 heterocycles. The summed E-state index contributed by atoms with van der Waals surface area (Å²) in [5.41, 5.74) is 0. The molecule has 2 nitrogen and oxygen atoms in total. The summed E-state index contributed by atoms with van der Waals surface area (Å²) in [7, 11) is 0. The van der Waals surface area contributed by atoms with Gasteiger partial charge in [0.15, 0.2) is 0 Å². The van der Waals surface area contributed by atoms with Gasteiger partial charge in [0.25, 0.3) is 0 Å². The van der Waals surface area contributed by atoms with Gasteiger partial charge in [0, 0.05) is 0 Å². The molecule has 0 N–H and O–H groups in total. The number of hydrogen-bond acceptors (Lipinski definition) is 2. The summed E-state index contributed by atoms with van der Waals surface area (Å²) in [5, 5.41) is 0.428. The van der Waals surface area contributed by atoms with Crippen molar-refractivity contribution in [2.24, 2.45) is 0 Å². The number of ether oxygens (including phenoxy) is 1. The van der Waals surface area contributed by atoms with E-state index in [2.05, 4.69) is 6.92 Å². The molecule has 0 amide bonds. The van der Waals surface area contributed by atoms with Crippen molar-refractivity contribution in [1.29, 1.82) is 0 Å². The second-order valence-electron chi connectivity index (χ2n) is 3.10. The molecule has 0 aliphatic rings.